The molecule has 184 valence electrons. The summed E-state index contributed by atoms with van der Waals surface area (Å²) in [5.74, 6) is 3.22. The first-order valence-corrected chi connectivity index (χ1v) is 10.8. The molecule has 0 spiro atoms. The molecule has 35 heavy (non-hydrogen) atoms. The van der Waals surface area contributed by atoms with Crippen LogP contribution in [-0.2, 0) is 17.1 Å². The molecule has 0 atom stereocenters. The Kier molecular flexibility index (Phi) is 11.0. The van der Waals surface area contributed by atoms with Crippen LogP contribution in [0.15, 0.2) is 84.9 Å². The van der Waals surface area contributed by atoms with E-state index in [1.54, 1.807) is 35.5 Å². The van der Waals surface area contributed by atoms with Crippen LogP contribution in [0.5, 0.6) is 28.7 Å². The summed E-state index contributed by atoms with van der Waals surface area (Å²) in [7, 11) is 8.09. The predicted molar refractivity (Wildman–Crippen MR) is 137 cm³/mol. The van der Waals surface area contributed by atoms with Crippen LogP contribution in [0.3, 0.4) is 0 Å². The van der Waals surface area contributed by atoms with E-state index >= 15 is 0 Å². The summed E-state index contributed by atoms with van der Waals surface area (Å²) in [5, 5.41) is 0. The molecule has 4 aromatic rings. The molecule has 0 radical (unpaired) electrons. The maximum atomic E-state index is 5.64. The summed E-state index contributed by atoms with van der Waals surface area (Å²) in [4.78, 5) is 0. The van der Waals surface area contributed by atoms with Crippen molar-refractivity contribution in [3.63, 3.8) is 0 Å². The average molecular weight is 514 g/mol. The van der Waals surface area contributed by atoms with Gasteiger partial charge in [-0.2, -0.15) is 30.3 Å². The maximum Gasteiger partial charge on any atom is 2.00 e. The molecular formula is C29H30FeO5. The van der Waals surface area contributed by atoms with Crippen LogP contribution in [0.25, 0.3) is 11.6 Å². The second kappa shape index (κ2) is 14.0. The van der Waals surface area contributed by atoms with E-state index < -0.39 is 0 Å². The number of rotatable bonds is 8. The van der Waals surface area contributed by atoms with Gasteiger partial charge in [-0.05, 0) is 23.8 Å². The van der Waals surface area contributed by atoms with E-state index in [1.807, 2.05) is 72.8 Å². The summed E-state index contributed by atoms with van der Waals surface area (Å²) >= 11 is 0. The largest absolute Gasteiger partial charge is 2.00 e. The van der Waals surface area contributed by atoms with Crippen LogP contribution >= 0.6 is 0 Å². The van der Waals surface area contributed by atoms with Gasteiger partial charge in [-0.15, -0.1) is 23.8 Å². The first kappa shape index (κ1) is 27.6. The quantitative estimate of drug-likeness (QED) is 0.154. The standard InChI is InChI=1S/C24H25O5.C5H5.Fe/c1-25-18-10-11-19(21(15-18)26-2)20(17-8-6-7-9-17)12-16-13-22(27-3)24(29-5)23(14-16)28-4;1-2-4-5-3-1;/h6-15H,1-5H3;1-5H;/q2*-1;+2/b20-12+;;. The number of hydrogen-bond donors (Lipinski definition) is 0. The monoisotopic (exact) mass is 514 g/mol. The molecule has 0 bridgehead atoms. The van der Waals surface area contributed by atoms with E-state index in [0.29, 0.717) is 17.2 Å². The molecular weight excluding hydrogens is 484 g/mol. The van der Waals surface area contributed by atoms with Crippen molar-refractivity contribution in [2.45, 2.75) is 0 Å². The van der Waals surface area contributed by atoms with Gasteiger partial charge in [0.15, 0.2) is 11.5 Å². The van der Waals surface area contributed by atoms with Crippen LogP contribution in [0, 0.1) is 0 Å². The molecule has 0 unspecified atom stereocenters. The second-order valence-electron chi connectivity index (χ2n) is 7.22. The molecule has 0 aliphatic heterocycles. The number of hydrogen-bond acceptors (Lipinski definition) is 5. The van der Waals surface area contributed by atoms with E-state index in [0.717, 1.165) is 33.8 Å². The normalized spacial score (nSPS) is 10.4. The van der Waals surface area contributed by atoms with Crippen molar-refractivity contribution in [2.24, 2.45) is 0 Å². The van der Waals surface area contributed by atoms with Crippen molar-refractivity contribution in [3.05, 3.63) is 102 Å². The molecule has 0 aliphatic rings. The van der Waals surface area contributed by atoms with Gasteiger partial charge in [0.25, 0.3) is 0 Å². The third-order valence-electron chi connectivity index (χ3n) is 5.23. The maximum absolute atomic E-state index is 5.64. The summed E-state index contributed by atoms with van der Waals surface area (Å²) in [5.41, 5.74) is 3.94. The van der Waals surface area contributed by atoms with Gasteiger partial charge >= 0.3 is 17.1 Å². The van der Waals surface area contributed by atoms with Gasteiger partial charge in [0.05, 0.1) is 41.3 Å². The van der Waals surface area contributed by atoms with Crippen LogP contribution < -0.4 is 23.7 Å². The molecule has 0 amide bonds. The zero-order valence-electron chi connectivity index (χ0n) is 20.6. The van der Waals surface area contributed by atoms with Crippen molar-refractivity contribution in [3.8, 4) is 28.7 Å². The zero-order valence-corrected chi connectivity index (χ0v) is 21.7. The number of ether oxygens (including phenoxy) is 5. The van der Waals surface area contributed by atoms with E-state index in [-0.39, 0.29) is 17.1 Å². The molecule has 0 fully saturated rings. The molecule has 0 aromatic heterocycles. The fourth-order valence-corrected chi connectivity index (χ4v) is 3.56. The Morgan fingerprint density at radius 2 is 1.31 bits per heavy atom. The number of benzene rings is 2. The number of methoxy groups -OCH3 is 5. The third-order valence-corrected chi connectivity index (χ3v) is 5.23. The van der Waals surface area contributed by atoms with Crippen molar-refractivity contribution >= 4 is 11.6 Å². The van der Waals surface area contributed by atoms with Crippen molar-refractivity contribution in [2.75, 3.05) is 35.5 Å². The Balaban J connectivity index is 0.000000640. The van der Waals surface area contributed by atoms with Crippen LogP contribution in [0.4, 0.5) is 0 Å². The Morgan fingerprint density at radius 3 is 1.77 bits per heavy atom. The topological polar surface area (TPSA) is 46.2 Å². The molecule has 0 saturated heterocycles. The first-order valence-electron chi connectivity index (χ1n) is 10.8. The minimum absolute atomic E-state index is 0. The molecule has 5 nitrogen and oxygen atoms in total. The summed E-state index contributed by atoms with van der Waals surface area (Å²) in [6, 6.07) is 27.8. The van der Waals surface area contributed by atoms with Gasteiger partial charge < -0.3 is 23.7 Å². The van der Waals surface area contributed by atoms with Gasteiger partial charge in [0.2, 0.25) is 5.75 Å². The predicted octanol–water partition coefficient (Wildman–Crippen LogP) is 6.44. The van der Waals surface area contributed by atoms with Gasteiger partial charge in [-0.1, -0.05) is 17.2 Å². The second-order valence-corrected chi connectivity index (χ2v) is 7.22. The third kappa shape index (κ3) is 6.95. The minimum atomic E-state index is 0. The Morgan fingerprint density at radius 1 is 0.714 bits per heavy atom. The van der Waals surface area contributed by atoms with Crippen molar-refractivity contribution in [1.82, 2.24) is 0 Å². The molecule has 0 saturated carbocycles. The van der Waals surface area contributed by atoms with Gasteiger partial charge in [-0.3, -0.25) is 0 Å². The van der Waals surface area contributed by atoms with Crippen molar-refractivity contribution < 1.29 is 40.8 Å². The molecule has 0 heterocycles. The minimum Gasteiger partial charge on any atom is -0.504 e. The Bertz CT molecular complexity index is 1140. The average Bonchev–Trinajstić information content (AvgIpc) is 3.63. The fourth-order valence-electron chi connectivity index (χ4n) is 3.56. The molecule has 0 N–H and O–H groups in total. The van der Waals surface area contributed by atoms with E-state index in [9.17, 15) is 0 Å². The Hall–Kier alpha value is -3.60. The van der Waals surface area contributed by atoms with E-state index in [4.69, 9.17) is 23.7 Å². The Labute approximate surface area is 218 Å². The molecule has 6 heteroatoms. The molecule has 0 aliphatic carbocycles. The molecule has 4 rings (SSSR count). The summed E-state index contributed by atoms with van der Waals surface area (Å²) < 4.78 is 27.4. The van der Waals surface area contributed by atoms with Crippen LogP contribution in [0.2, 0.25) is 0 Å². The summed E-state index contributed by atoms with van der Waals surface area (Å²) in [6.07, 6.45) is 2.07. The van der Waals surface area contributed by atoms with Crippen molar-refractivity contribution in [1.29, 1.82) is 0 Å². The van der Waals surface area contributed by atoms with E-state index in [1.165, 1.54) is 0 Å². The SMILES string of the molecule is COc1ccc(/C(=C/c2cc(OC)c(OC)c(OC)c2)[c-]2cccc2)c(OC)c1.[Fe+2].c1cc[cH-]c1. The van der Waals surface area contributed by atoms with Gasteiger partial charge in [0, 0.05) is 6.07 Å². The van der Waals surface area contributed by atoms with Gasteiger partial charge in [0.1, 0.15) is 5.75 Å². The van der Waals surface area contributed by atoms with Crippen LogP contribution in [-0.4, -0.2) is 35.5 Å². The van der Waals surface area contributed by atoms with Crippen LogP contribution in [0.1, 0.15) is 16.7 Å². The summed E-state index contributed by atoms with van der Waals surface area (Å²) in [6.45, 7) is 0. The molecule has 4 aromatic carbocycles. The van der Waals surface area contributed by atoms with Gasteiger partial charge in [-0.25, -0.2) is 12.1 Å². The van der Waals surface area contributed by atoms with E-state index in [2.05, 4.69) is 18.2 Å². The fraction of sp³-hybridized carbons (Fsp3) is 0.172. The smallest absolute Gasteiger partial charge is 0.504 e. The first-order chi connectivity index (χ1) is 16.6. The zero-order chi connectivity index (χ0) is 24.3.